The Kier molecular flexibility index (Phi) is 10.1. The fourth-order valence-electron chi connectivity index (χ4n) is 5.71. The second-order valence-electron chi connectivity index (χ2n) is 13.0. The lowest BCUT2D eigenvalue weighted by molar-refractivity contribution is 0.102. The van der Waals surface area contributed by atoms with Crippen molar-refractivity contribution in [3.8, 4) is 11.8 Å². The van der Waals surface area contributed by atoms with Gasteiger partial charge in [0, 0.05) is 63.4 Å². The zero-order valence-electron chi connectivity index (χ0n) is 28.2. The summed E-state index contributed by atoms with van der Waals surface area (Å²) >= 11 is 0. The summed E-state index contributed by atoms with van der Waals surface area (Å²) in [7, 11) is 3.97. The molecule has 0 aliphatic carbocycles. The Bertz CT molecular complexity index is 1880. The van der Waals surface area contributed by atoms with E-state index in [2.05, 4.69) is 83.0 Å². The normalized spacial score (nSPS) is 14.4. The van der Waals surface area contributed by atoms with Crippen LogP contribution in [0, 0.1) is 24.6 Å². The summed E-state index contributed by atoms with van der Waals surface area (Å²) in [6.07, 6.45) is 7.09. The number of aromatic nitrogens is 2. The number of benzene rings is 2. The first kappa shape index (κ1) is 33.5. The van der Waals surface area contributed by atoms with Crippen LogP contribution in [0.25, 0.3) is 5.65 Å². The molecule has 3 heterocycles. The number of likely N-dealkylation sites (N-methyl/N-ethyl adjacent to an activating group) is 1. The SMILES string of the molecule is C=C/C(=C\NC)Nc1cccn2c(C#Cc3cc(C(=O)Nc4ccc(CN5CCN(C)CC5)c(C(C)(C)C)c4)c(F)cc3C)cnc12. The Balaban J connectivity index is 1.38. The number of nitrogens with one attached hydrogen (secondary N) is 3. The lowest BCUT2D eigenvalue weighted by atomic mass is 9.83. The van der Waals surface area contributed by atoms with Gasteiger partial charge in [-0.1, -0.05) is 39.3 Å². The van der Waals surface area contributed by atoms with Gasteiger partial charge >= 0.3 is 0 Å². The van der Waals surface area contributed by atoms with E-state index in [0.29, 0.717) is 28.2 Å². The Labute approximate surface area is 277 Å². The van der Waals surface area contributed by atoms with E-state index in [0.717, 1.165) is 49.7 Å². The Hall–Kier alpha value is -4.91. The van der Waals surface area contributed by atoms with E-state index in [-0.39, 0.29) is 11.0 Å². The summed E-state index contributed by atoms with van der Waals surface area (Å²) in [5, 5.41) is 9.24. The predicted octanol–water partition coefficient (Wildman–Crippen LogP) is 6.14. The van der Waals surface area contributed by atoms with Crippen LogP contribution in [0.3, 0.4) is 0 Å². The fraction of sp³-hybridized carbons (Fsp3) is 0.316. The molecule has 0 spiro atoms. The van der Waals surface area contributed by atoms with Gasteiger partial charge in [0.1, 0.15) is 11.5 Å². The van der Waals surface area contributed by atoms with Crippen LogP contribution in [0.15, 0.2) is 79.4 Å². The topological polar surface area (TPSA) is 76.9 Å². The molecular weight excluding hydrogens is 589 g/mol. The molecule has 8 nitrogen and oxygen atoms in total. The molecule has 3 N–H and O–H groups in total. The molecule has 1 aliphatic rings. The molecule has 2 aromatic carbocycles. The molecule has 2 aromatic heterocycles. The van der Waals surface area contributed by atoms with E-state index < -0.39 is 11.7 Å². The van der Waals surface area contributed by atoms with Crippen LogP contribution in [0.4, 0.5) is 15.8 Å². The van der Waals surface area contributed by atoms with E-state index in [4.69, 9.17) is 0 Å². The highest BCUT2D eigenvalue weighted by atomic mass is 19.1. The molecule has 9 heteroatoms. The minimum Gasteiger partial charge on any atom is -0.392 e. The van der Waals surface area contributed by atoms with E-state index in [1.54, 1.807) is 25.4 Å². The maximum atomic E-state index is 15.2. The summed E-state index contributed by atoms with van der Waals surface area (Å²) in [6, 6.07) is 12.7. The van der Waals surface area contributed by atoms with Gasteiger partial charge in [0.05, 0.1) is 23.1 Å². The van der Waals surface area contributed by atoms with Crippen molar-refractivity contribution >= 4 is 22.9 Å². The Morgan fingerprint density at radius 3 is 2.55 bits per heavy atom. The highest BCUT2D eigenvalue weighted by molar-refractivity contribution is 6.04. The van der Waals surface area contributed by atoms with Gasteiger partial charge in [-0.05, 0) is 84.5 Å². The maximum absolute atomic E-state index is 15.2. The average Bonchev–Trinajstić information content (AvgIpc) is 3.45. The number of amides is 1. The third kappa shape index (κ3) is 7.91. The van der Waals surface area contributed by atoms with Crippen LogP contribution in [0.2, 0.25) is 0 Å². The number of carbonyl (C=O) groups excluding carboxylic acids is 1. The minimum absolute atomic E-state index is 0.0587. The van der Waals surface area contributed by atoms with E-state index in [9.17, 15) is 4.79 Å². The van der Waals surface area contributed by atoms with Crippen molar-refractivity contribution in [2.24, 2.45) is 0 Å². The number of rotatable bonds is 8. The molecule has 5 rings (SSSR count). The van der Waals surface area contributed by atoms with Gasteiger partial charge in [0.2, 0.25) is 0 Å². The first-order valence-corrected chi connectivity index (χ1v) is 15.9. The lowest BCUT2D eigenvalue weighted by Crippen LogP contribution is -2.44. The lowest BCUT2D eigenvalue weighted by Gasteiger charge is -2.34. The molecule has 0 saturated carbocycles. The van der Waals surface area contributed by atoms with E-state index >= 15 is 4.39 Å². The number of hydrogen-bond donors (Lipinski definition) is 3. The van der Waals surface area contributed by atoms with Gasteiger partial charge in [0.25, 0.3) is 5.91 Å². The molecule has 4 aromatic rings. The molecule has 1 amide bonds. The quantitative estimate of drug-likeness (QED) is 0.160. The molecule has 1 fully saturated rings. The van der Waals surface area contributed by atoms with Crippen LogP contribution in [0.5, 0.6) is 0 Å². The van der Waals surface area contributed by atoms with Crippen LogP contribution < -0.4 is 16.0 Å². The number of hydrogen-bond acceptors (Lipinski definition) is 6. The Morgan fingerprint density at radius 2 is 1.85 bits per heavy atom. The molecule has 244 valence electrons. The minimum atomic E-state index is -0.591. The van der Waals surface area contributed by atoms with Gasteiger partial charge in [-0.3, -0.25) is 14.1 Å². The number of anilines is 2. The van der Waals surface area contributed by atoms with Crippen molar-refractivity contribution in [3.63, 3.8) is 0 Å². The number of fused-ring (bicyclic) bond motifs is 1. The van der Waals surface area contributed by atoms with Gasteiger partial charge in [0.15, 0.2) is 5.65 Å². The van der Waals surface area contributed by atoms with Crippen molar-refractivity contribution in [2.75, 3.05) is 50.9 Å². The second kappa shape index (κ2) is 14.2. The number of imidazole rings is 1. The number of allylic oxidation sites excluding steroid dienone is 1. The molecule has 0 atom stereocenters. The number of nitrogens with zero attached hydrogens (tertiary/aromatic N) is 4. The summed E-state index contributed by atoms with van der Waals surface area (Å²) in [4.78, 5) is 22.8. The van der Waals surface area contributed by atoms with Crippen molar-refractivity contribution in [1.82, 2.24) is 24.5 Å². The van der Waals surface area contributed by atoms with Gasteiger partial charge in [-0.15, -0.1) is 0 Å². The molecular formula is C38H44FN7O. The van der Waals surface area contributed by atoms with Gasteiger partial charge in [-0.25, -0.2) is 9.37 Å². The summed E-state index contributed by atoms with van der Waals surface area (Å²) in [5.41, 5.74) is 6.98. The molecule has 1 saturated heterocycles. The zero-order chi connectivity index (χ0) is 33.7. The molecule has 0 bridgehead atoms. The van der Waals surface area contributed by atoms with Crippen LogP contribution in [-0.2, 0) is 12.0 Å². The molecule has 47 heavy (non-hydrogen) atoms. The zero-order valence-corrected chi connectivity index (χ0v) is 28.2. The summed E-state index contributed by atoms with van der Waals surface area (Å²) in [5.74, 6) is 5.19. The van der Waals surface area contributed by atoms with Crippen LogP contribution in [0.1, 0.15) is 59.1 Å². The number of pyridine rings is 1. The van der Waals surface area contributed by atoms with Crippen LogP contribution in [-0.4, -0.2) is 65.4 Å². The van der Waals surface area contributed by atoms with Crippen LogP contribution >= 0.6 is 0 Å². The number of halogens is 1. The third-order valence-electron chi connectivity index (χ3n) is 8.38. The standard InChI is InChI=1S/C38H44FN7O/c1-8-29(23-40-6)42-35-10-9-15-46-31(24-41-36(35)46)14-12-27-21-32(34(39)20-26(27)2)37(47)43-30-13-11-28(33(22-30)38(3,4)5)25-45-18-16-44(7)17-19-45/h8-11,13,15,20-24,40,42H,1,16-19,25H2,2-7H3,(H,43,47)/b29-23+. The first-order valence-electron chi connectivity index (χ1n) is 15.9. The first-order chi connectivity index (χ1) is 22.5. The largest absolute Gasteiger partial charge is 0.392 e. The number of aryl methyl sites for hydroxylation is 1. The fourth-order valence-corrected chi connectivity index (χ4v) is 5.71. The van der Waals surface area contributed by atoms with Crippen molar-refractivity contribution in [1.29, 1.82) is 0 Å². The molecule has 0 unspecified atom stereocenters. The second-order valence-corrected chi connectivity index (χ2v) is 13.0. The summed E-state index contributed by atoms with van der Waals surface area (Å²) < 4.78 is 17.1. The number of carbonyl (C=O) groups is 1. The van der Waals surface area contributed by atoms with Crippen molar-refractivity contribution < 1.29 is 9.18 Å². The Morgan fingerprint density at radius 1 is 1.09 bits per heavy atom. The average molecular weight is 634 g/mol. The van der Waals surface area contributed by atoms with Crippen molar-refractivity contribution in [2.45, 2.75) is 39.7 Å². The highest BCUT2D eigenvalue weighted by Gasteiger charge is 2.23. The number of piperazine rings is 1. The van der Waals surface area contributed by atoms with E-state index in [1.807, 2.05) is 41.9 Å². The van der Waals surface area contributed by atoms with Crippen molar-refractivity contribution in [3.05, 3.63) is 119 Å². The highest BCUT2D eigenvalue weighted by Crippen LogP contribution is 2.30. The summed E-state index contributed by atoms with van der Waals surface area (Å²) in [6.45, 7) is 17.2. The smallest absolute Gasteiger partial charge is 0.258 e. The van der Waals surface area contributed by atoms with E-state index in [1.165, 1.54) is 17.7 Å². The van der Waals surface area contributed by atoms with Gasteiger partial charge in [-0.2, -0.15) is 0 Å². The van der Waals surface area contributed by atoms with Gasteiger partial charge < -0.3 is 20.9 Å². The molecule has 1 aliphatic heterocycles. The molecule has 0 radical (unpaired) electrons. The maximum Gasteiger partial charge on any atom is 0.258 e. The third-order valence-corrected chi connectivity index (χ3v) is 8.38. The predicted molar refractivity (Wildman–Crippen MR) is 189 cm³/mol. The monoisotopic (exact) mass is 633 g/mol.